The number of hydrogen-bond acceptors (Lipinski definition) is 5. The minimum Gasteiger partial charge on any atom is -0.392 e. The number of primary amides is 1. The molecule has 1 aromatic carbocycles. The summed E-state index contributed by atoms with van der Waals surface area (Å²) >= 11 is 0. The fraction of sp³-hybridized carbons (Fsp3) is 0.480. The highest BCUT2D eigenvalue weighted by molar-refractivity contribution is 5.93. The zero-order valence-electron chi connectivity index (χ0n) is 19.5. The number of fused-ring (bicyclic) bond motifs is 1. The third-order valence-electron chi connectivity index (χ3n) is 6.86. The van der Waals surface area contributed by atoms with E-state index in [1.165, 1.54) is 4.90 Å². The molecule has 1 aliphatic carbocycles. The maximum Gasteiger partial charge on any atom is 0.269 e. The van der Waals surface area contributed by atoms with Crippen LogP contribution in [0.15, 0.2) is 18.2 Å². The van der Waals surface area contributed by atoms with Crippen LogP contribution in [0.3, 0.4) is 0 Å². The molecule has 0 bridgehead atoms. The molecule has 1 aliphatic heterocycles. The lowest BCUT2D eigenvalue weighted by Gasteiger charge is -2.35. The minimum atomic E-state index is -1.68. The fourth-order valence-corrected chi connectivity index (χ4v) is 4.58. The topological polar surface area (TPSA) is 122 Å². The first-order chi connectivity index (χ1) is 15.5. The van der Waals surface area contributed by atoms with Gasteiger partial charge in [0.15, 0.2) is 5.69 Å². The summed E-state index contributed by atoms with van der Waals surface area (Å²) in [4.78, 5) is 25.8. The van der Waals surface area contributed by atoms with Crippen LogP contribution < -0.4 is 5.73 Å². The summed E-state index contributed by atoms with van der Waals surface area (Å²) in [5, 5.41) is 25.8. The second kappa shape index (κ2) is 8.01. The molecular formula is C25H30N4O4. The van der Waals surface area contributed by atoms with Crippen molar-refractivity contribution < 1.29 is 19.8 Å². The normalized spacial score (nSPS) is 23.8. The number of amides is 2. The van der Waals surface area contributed by atoms with E-state index in [0.29, 0.717) is 30.5 Å². The molecule has 2 aliphatic rings. The summed E-state index contributed by atoms with van der Waals surface area (Å²) in [5.74, 6) is 4.68. The highest BCUT2D eigenvalue weighted by Gasteiger charge is 2.42. The SMILES string of the molecule is CCc1ccc(C#CC2(O)CCN(C)C2=O)cc1-n1nc(C(N)=O)c2c1CC(C)(C)C(O)C2. The van der Waals surface area contributed by atoms with Gasteiger partial charge < -0.3 is 20.8 Å². The van der Waals surface area contributed by atoms with Gasteiger partial charge in [0.25, 0.3) is 11.8 Å². The third kappa shape index (κ3) is 3.92. The average molecular weight is 451 g/mol. The standard InChI is InChI=1S/C25H30N4O4/c1-5-16-7-6-15(8-9-25(33)10-11-28(4)23(25)32)12-18(16)29-19-14-24(2,3)20(30)13-17(19)21(27-29)22(26)31/h6-7,12,20,30,33H,5,10-11,13-14H2,1-4H3,(H2,26,31). The van der Waals surface area contributed by atoms with Crippen LogP contribution in [-0.2, 0) is 24.1 Å². The van der Waals surface area contributed by atoms with E-state index in [0.717, 1.165) is 23.4 Å². The number of likely N-dealkylation sites (N-methyl/N-ethyl adjacent to an activating group) is 1. The van der Waals surface area contributed by atoms with Gasteiger partial charge in [0.05, 0.1) is 11.8 Å². The van der Waals surface area contributed by atoms with E-state index in [1.807, 2.05) is 39.0 Å². The summed E-state index contributed by atoms with van der Waals surface area (Å²) in [6.07, 6.45) is 1.23. The number of aliphatic hydroxyl groups is 2. The maximum absolute atomic E-state index is 12.2. The summed E-state index contributed by atoms with van der Waals surface area (Å²) in [6.45, 7) is 6.46. The van der Waals surface area contributed by atoms with Crippen molar-refractivity contribution >= 4 is 11.8 Å². The molecule has 1 fully saturated rings. The van der Waals surface area contributed by atoms with Crippen molar-refractivity contribution in [2.24, 2.45) is 11.1 Å². The monoisotopic (exact) mass is 450 g/mol. The van der Waals surface area contributed by atoms with Crippen molar-refractivity contribution in [3.8, 4) is 17.5 Å². The van der Waals surface area contributed by atoms with Gasteiger partial charge in [-0.25, -0.2) is 4.68 Å². The number of carbonyl (C=O) groups excluding carboxylic acids is 2. The van der Waals surface area contributed by atoms with E-state index >= 15 is 0 Å². The smallest absolute Gasteiger partial charge is 0.269 e. The first-order valence-corrected chi connectivity index (χ1v) is 11.2. The molecule has 33 heavy (non-hydrogen) atoms. The molecule has 4 rings (SSSR count). The van der Waals surface area contributed by atoms with E-state index in [1.54, 1.807) is 11.7 Å². The Morgan fingerprint density at radius 1 is 1.36 bits per heavy atom. The second-order valence-corrected chi connectivity index (χ2v) is 9.72. The molecule has 1 aromatic heterocycles. The Morgan fingerprint density at radius 3 is 2.70 bits per heavy atom. The van der Waals surface area contributed by atoms with Crippen LogP contribution in [0.2, 0.25) is 0 Å². The van der Waals surface area contributed by atoms with Crippen molar-refractivity contribution in [2.45, 2.75) is 58.2 Å². The van der Waals surface area contributed by atoms with Crippen LogP contribution in [0.5, 0.6) is 0 Å². The lowest BCUT2D eigenvalue weighted by Crippen LogP contribution is -2.38. The number of nitrogens with two attached hydrogens (primary N) is 1. The van der Waals surface area contributed by atoms with Crippen LogP contribution in [0.1, 0.15) is 60.1 Å². The van der Waals surface area contributed by atoms with Crippen molar-refractivity contribution in [2.75, 3.05) is 13.6 Å². The van der Waals surface area contributed by atoms with Crippen LogP contribution >= 0.6 is 0 Å². The van der Waals surface area contributed by atoms with Gasteiger partial charge >= 0.3 is 0 Å². The first-order valence-electron chi connectivity index (χ1n) is 11.2. The summed E-state index contributed by atoms with van der Waals surface area (Å²) < 4.78 is 1.75. The van der Waals surface area contributed by atoms with E-state index in [-0.39, 0.29) is 17.5 Å². The van der Waals surface area contributed by atoms with Crippen molar-refractivity contribution in [3.63, 3.8) is 0 Å². The van der Waals surface area contributed by atoms with Gasteiger partial charge in [-0.1, -0.05) is 38.7 Å². The quantitative estimate of drug-likeness (QED) is 0.602. The Kier molecular flexibility index (Phi) is 5.59. The highest BCUT2D eigenvalue weighted by atomic mass is 16.3. The van der Waals surface area contributed by atoms with Crippen LogP contribution in [0.25, 0.3) is 5.69 Å². The Balaban J connectivity index is 1.83. The minimum absolute atomic E-state index is 0.173. The van der Waals surface area contributed by atoms with Gasteiger partial charge in [-0.3, -0.25) is 9.59 Å². The molecule has 2 aromatic rings. The molecule has 174 valence electrons. The van der Waals surface area contributed by atoms with E-state index < -0.39 is 23.5 Å². The molecule has 8 nitrogen and oxygen atoms in total. The number of likely N-dealkylation sites (tertiary alicyclic amines) is 1. The number of carbonyl (C=O) groups is 2. The van der Waals surface area contributed by atoms with Gasteiger partial charge in [0.2, 0.25) is 5.60 Å². The number of aliphatic hydroxyl groups excluding tert-OH is 1. The largest absolute Gasteiger partial charge is 0.392 e. The zero-order valence-corrected chi connectivity index (χ0v) is 19.5. The third-order valence-corrected chi connectivity index (χ3v) is 6.86. The Morgan fingerprint density at radius 2 is 2.09 bits per heavy atom. The summed E-state index contributed by atoms with van der Waals surface area (Å²) in [7, 11) is 1.64. The number of aromatic nitrogens is 2. The van der Waals surface area contributed by atoms with Crippen molar-refractivity contribution in [3.05, 3.63) is 46.3 Å². The molecule has 0 saturated carbocycles. The van der Waals surface area contributed by atoms with Crippen LogP contribution in [-0.4, -0.2) is 62.0 Å². The molecule has 2 heterocycles. The van der Waals surface area contributed by atoms with Gasteiger partial charge in [0, 0.05) is 43.3 Å². The van der Waals surface area contributed by atoms with Crippen molar-refractivity contribution in [1.29, 1.82) is 0 Å². The molecule has 4 N–H and O–H groups in total. The van der Waals surface area contributed by atoms with E-state index in [9.17, 15) is 19.8 Å². The fourth-order valence-electron chi connectivity index (χ4n) is 4.58. The van der Waals surface area contributed by atoms with E-state index in [2.05, 4.69) is 16.9 Å². The Hall–Kier alpha value is -3.15. The number of aryl methyl sites for hydroxylation is 1. The molecule has 0 radical (unpaired) electrons. The number of benzene rings is 1. The average Bonchev–Trinajstić information content (AvgIpc) is 3.24. The lowest BCUT2D eigenvalue weighted by molar-refractivity contribution is -0.137. The Labute approximate surface area is 193 Å². The molecule has 1 saturated heterocycles. The predicted molar refractivity (Wildman–Crippen MR) is 123 cm³/mol. The van der Waals surface area contributed by atoms with Gasteiger partial charge in [-0.05, 0) is 36.0 Å². The number of hydrogen-bond donors (Lipinski definition) is 3. The second-order valence-electron chi connectivity index (χ2n) is 9.72. The van der Waals surface area contributed by atoms with Gasteiger partial charge in [-0.15, -0.1) is 0 Å². The highest BCUT2D eigenvalue weighted by Crippen LogP contribution is 2.38. The lowest BCUT2D eigenvalue weighted by atomic mass is 9.74. The van der Waals surface area contributed by atoms with Gasteiger partial charge in [0.1, 0.15) is 0 Å². The van der Waals surface area contributed by atoms with Crippen LogP contribution in [0, 0.1) is 17.3 Å². The maximum atomic E-state index is 12.2. The Bertz CT molecular complexity index is 1200. The van der Waals surface area contributed by atoms with Gasteiger partial charge in [-0.2, -0.15) is 5.10 Å². The van der Waals surface area contributed by atoms with E-state index in [4.69, 9.17) is 5.73 Å². The first kappa shape index (κ1) is 23.0. The molecule has 0 spiro atoms. The molecular weight excluding hydrogens is 420 g/mol. The summed E-state index contributed by atoms with van der Waals surface area (Å²) in [6, 6.07) is 5.64. The molecule has 8 heteroatoms. The predicted octanol–water partition coefficient (Wildman–Crippen LogP) is 0.964. The number of nitrogens with zero attached hydrogens (tertiary/aromatic N) is 3. The summed E-state index contributed by atoms with van der Waals surface area (Å²) in [5.41, 5.74) is 7.65. The van der Waals surface area contributed by atoms with Crippen LogP contribution in [0.4, 0.5) is 0 Å². The molecule has 2 unspecified atom stereocenters. The molecule has 2 amide bonds. The zero-order chi connectivity index (χ0) is 24.1. The molecule has 2 atom stereocenters. The number of rotatable bonds is 3. The van der Waals surface area contributed by atoms with Crippen molar-refractivity contribution in [1.82, 2.24) is 14.7 Å².